The number of phenols is 1. The Hall–Kier alpha value is -3.15. The molecule has 3 rings (SSSR count). The summed E-state index contributed by atoms with van der Waals surface area (Å²) in [5.74, 6) is 0.977. The van der Waals surface area contributed by atoms with Crippen molar-refractivity contribution in [3.8, 4) is 11.6 Å². The average molecular weight is 308 g/mol. The molecule has 0 bridgehead atoms. The lowest BCUT2D eigenvalue weighted by atomic mass is 10.2. The Balaban J connectivity index is 1.89. The van der Waals surface area contributed by atoms with Crippen LogP contribution in [0.15, 0.2) is 53.6 Å². The van der Waals surface area contributed by atoms with Crippen LogP contribution in [0.4, 0.5) is 5.82 Å². The summed E-state index contributed by atoms with van der Waals surface area (Å²) in [6.45, 7) is 2.36. The van der Waals surface area contributed by atoms with Crippen LogP contribution in [0, 0.1) is 0 Å². The van der Waals surface area contributed by atoms with Crippen molar-refractivity contribution in [2.24, 2.45) is 5.10 Å². The van der Waals surface area contributed by atoms with Crippen LogP contribution >= 0.6 is 0 Å². The van der Waals surface area contributed by atoms with Crippen LogP contribution in [-0.2, 0) is 0 Å². The number of phenolic OH excluding ortho intramolecular Hbond substituents is 1. The molecule has 0 fully saturated rings. The van der Waals surface area contributed by atoms with E-state index in [4.69, 9.17) is 4.74 Å². The molecule has 0 radical (unpaired) electrons. The zero-order valence-electron chi connectivity index (χ0n) is 12.6. The van der Waals surface area contributed by atoms with E-state index in [9.17, 15) is 5.11 Å². The number of hydrogen-bond acceptors (Lipinski definition) is 6. The molecule has 0 aliphatic rings. The van der Waals surface area contributed by atoms with Crippen LogP contribution in [0.1, 0.15) is 12.5 Å². The van der Waals surface area contributed by atoms with Gasteiger partial charge >= 0.3 is 0 Å². The Morgan fingerprint density at radius 3 is 2.52 bits per heavy atom. The highest BCUT2D eigenvalue weighted by Gasteiger charge is 2.09. The lowest BCUT2D eigenvalue weighted by Gasteiger charge is -2.08. The van der Waals surface area contributed by atoms with Crippen molar-refractivity contribution in [2.45, 2.75) is 6.92 Å². The van der Waals surface area contributed by atoms with Gasteiger partial charge in [0, 0.05) is 5.56 Å². The number of rotatable bonds is 5. The van der Waals surface area contributed by atoms with Gasteiger partial charge in [-0.15, -0.1) is 0 Å². The topological polar surface area (TPSA) is 79.6 Å². The molecule has 0 saturated heterocycles. The van der Waals surface area contributed by atoms with E-state index in [1.165, 1.54) is 6.21 Å². The number of hydrazone groups is 1. The Kier molecular flexibility index (Phi) is 4.33. The zero-order chi connectivity index (χ0) is 16.1. The summed E-state index contributed by atoms with van der Waals surface area (Å²) >= 11 is 0. The molecule has 0 aliphatic carbocycles. The van der Waals surface area contributed by atoms with Crippen LogP contribution < -0.4 is 10.2 Å². The molecule has 6 heteroatoms. The summed E-state index contributed by atoms with van der Waals surface area (Å²) in [4.78, 5) is 8.91. The first-order chi connectivity index (χ1) is 11.3. The van der Waals surface area contributed by atoms with Crippen LogP contribution in [0.25, 0.3) is 11.0 Å². The predicted octanol–water partition coefficient (Wildman–Crippen LogP) is 3.18. The Bertz CT molecular complexity index is 849. The van der Waals surface area contributed by atoms with Crippen molar-refractivity contribution in [1.82, 2.24) is 9.97 Å². The van der Waals surface area contributed by atoms with Crippen LogP contribution in [-0.4, -0.2) is 27.9 Å². The van der Waals surface area contributed by atoms with Crippen molar-refractivity contribution in [3.63, 3.8) is 0 Å². The van der Waals surface area contributed by atoms with Crippen LogP contribution in [0.2, 0.25) is 0 Å². The molecular weight excluding hydrogens is 292 g/mol. The molecule has 0 atom stereocenters. The number of nitrogens with zero attached hydrogens (tertiary/aromatic N) is 3. The van der Waals surface area contributed by atoms with Gasteiger partial charge in [0.05, 0.1) is 23.9 Å². The average Bonchev–Trinajstić information content (AvgIpc) is 2.57. The molecule has 0 saturated carbocycles. The first kappa shape index (κ1) is 14.8. The van der Waals surface area contributed by atoms with E-state index >= 15 is 0 Å². The molecule has 3 aromatic rings. The third-order valence-electron chi connectivity index (χ3n) is 3.13. The summed E-state index contributed by atoms with van der Waals surface area (Å²) in [5.41, 5.74) is 4.93. The number of aromatic hydroxyl groups is 1. The number of para-hydroxylation sites is 3. The minimum atomic E-state index is 0.160. The van der Waals surface area contributed by atoms with Gasteiger partial charge in [0.2, 0.25) is 5.82 Å². The quantitative estimate of drug-likeness (QED) is 0.559. The fourth-order valence-electron chi connectivity index (χ4n) is 2.05. The molecule has 0 spiro atoms. The normalized spacial score (nSPS) is 11.0. The number of fused-ring (bicyclic) bond motifs is 1. The van der Waals surface area contributed by atoms with Gasteiger partial charge in [0.15, 0.2) is 0 Å². The lowest BCUT2D eigenvalue weighted by molar-refractivity contribution is 0.328. The van der Waals surface area contributed by atoms with E-state index in [0.717, 1.165) is 11.0 Å². The van der Waals surface area contributed by atoms with E-state index < -0.39 is 0 Å². The smallest absolute Gasteiger partial charge is 0.259 e. The number of anilines is 1. The van der Waals surface area contributed by atoms with Crippen molar-refractivity contribution >= 4 is 23.1 Å². The van der Waals surface area contributed by atoms with Crippen molar-refractivity contribution in [1.29, 1.82) is 0 Å². The first-order valence-corrected chi connectivity index (χ1v) is 7.24. The number of nitrogens with one attached hydrogen (secondary N) is 1. The standard InChI is InChI=1S/C17H16N4O2/c1-2-23-17-16(19-13-8-4-5-9-14(13)20-17)21-18-11-12-7-3-6-10-15(12)22/h3-11,22H,2H2,1H3,(H,19,21)/b18-11+. The van der Waals surface area contributed by atoms with Gasteiger partial charge in [-0.05, 0) is 31.2 Å². The third kappa shape index (κ3) is 3.37. The minimum Gasteiger partial charge on any atom is -0.507 e. The van der Waals surface area contributed by atoms with E-state index in [-0.39, 0.29) is 5.75 Å². The highest BCUT2D eigenvalue weighted by Crippen LogP contribution is 2.23. The van der Waals surface area contributed by atoms with Crippen LogP contribution in [0.5, 0.6) is 11.6 Å². The molecular formula is C17H16N4O2. The Morgan fingerprint density at radius 1 is 1.09 bits per heavy atom. The molecule has 1 heterocycles. The summed E-state index contributed by atoms with van der Waals surface area (Å²) in [6.07, 6.45) is 1.52. The number of ether oxygens (including phenoxy) is 1. The van der Waals surface area contributed by atoms with Crippen molar-refractivity contribution in [3.05, 3.63) is 54.1 Å². The second-order valence-electron chi connectivity index (χ2n) is 4.73. The van der Waals surface area contributed by atoms with E-state index in [0.29, 0.717) is 23.9 Å². The molecule has 0 unspecified atom stereocenters. The van der Waals surface area contributed by atoms with Gasteiger partial charge in [-0.1, -0.05) is 24.3 Å². The second-order valence-corrected chi connectivity index (χ2v) is 4.73. The van der Waals surface area contributed by atoms with E-state index in [1.807, 2.05) is 37.3 Å². The van der Waals surface area contributed by atoms with Crippen molar-refractivity contribution < 1.29 is 9.84 Å². The van der Waals surface area contributed by atoms with E-state index in [1.54, 1.807) is 18.2 Å². The third-order valence-corrected chi connectivity index (χ3v) is 3.13. The maximum Gasteiger partial charge on any atom is 0.259 e. The zero-order valence-corrected chi connectivity index (χ0v) is 12.6. The molecule has 1 aromatic heterocycles. The molecule has 2 N–H and O–H groups in total. The lowest BCUT2D eigenvalue weighted by Crippen LogP contribution is -2.03. The molecule has 6 nitrogen and oxygen atoms in total. The Morgan fingerprint density at radius 2 is 1.78 bits per heavy atom. The van der Waals surface area contributed by atoms with Crippen LogP contribution in [0.3, 0.4) is 0 Å². The van der Waals surface area contributed by atoms with Crippen molar-refractivity contribution in [2.75, 3.05) is 12.0 Å². The molecule has 0 aliphatic heterocycles. The summed E-state index contributed by atoms with van der Waals surface area (Å²) in [7, 11) is 0. The minimum absolute atomic E-state index is 0.160. The van der Waals surface area contributed by atoms with Gasteiger partial charge in [0.25, 0.3) is 5.88 Å². The van der Waals surface area contributed by atoms with Gasteiger partial charge in [-0.3, -0.25) is 5.43 Å². The van der Waals surface area contributed by atoms with Gasteiger partial charge in [0.1, 0.15) is 5.75 Å². The summed E-state index contributed by atoms with van der Waals surface area (Å²) in [5, 5.41) is 13.8. The highest BCUT2D eigenvalue weighted by atomic mass is 16.5. The second kappa shape index (κ2) is 6.74. The predicted molar refractivity (Wildman–Crippen MR) is 90.0 cm³/mol. The largest absolute Gasteiger partial charge is 0.507 e. The number of hydrogen-bond donors (Lipinski definition) is 2. The monoisotopic (exact) mass is 308 g/mol. The SMILES string of the molecule is CCOc1nc2ccccc2nc1N/N=C/c1ccccc1O. The van der Waals surface area contributed by atoms with Gasteiger partial charge in [-0.2, -0.15) is 5.10 Å². The number of aromatic nitrogens is 2. The van der Waals surface area contributed by atoms with E-state index in [2.05, 4.69) is 20.5 Å². The Labute approximate surface area is 133 Å². The summed E-state index contributed by atoms with van der Waals surface area (Å²) < 4.78 is 5.51. The molecule has 23 heavy (non-hydrogen) atoms. The molecule has 116 valence electrons. The molecule has 2 aromatic carbocycles. The first-order valence-electron chi connectivity index (χ1n) is 7.24. The number of benzene rings is 2. The fraction of sp³-hybridized carbons (Fsp3) is 0.118. The maximum absolute atomic E-state index is 9.72. The molecule has 0 amide bonds. The fourth-order valence-corrected chi connectivity index (χ4v) is 2.05. The van der Waals surface area contributed by atoms with Gasteiger partial charge in [-0.25, -0.2) is 9.97 Å². The highest BCUT2D eigenvalue weighted by molar-refractivity contribution is 5.84. The maximum atomic E-state index is 9.72. The summed E-state index contributed by atoms with van der Waals surface area (Å²) in [6, 6.07) is 14.5. The van der Waals surface area contributed by atoms with Gasteiger partial charge < -0.3 is 9.84 Å².